The van der Waals surface area contributed by atoms with Crippen LogP contribution in [0.4, 0.5) is 11.4 Å². The number of benzene rings is 5. The molecule has 52 heavy (non-hydrogen) atoms. The number of amides is 2. The highest BCUT2D eigenvalue weighted by molar-refractivity contribution is 6.17. The third kappa shape index (κ3) is 7.86. The van der Waals surface area contributed by atoms with E-state index in [-0.39, 0.29) is 28.4 Å². The van der Waals surface area contributed by atoms with Gasteiger partial charge in [-0.25, -0.2) is 9.59 Å². The van der Waals surface area contributed by atoms with E-state index in [0.29, 0.717) is 39.8 Å². The lowest BCUT2D eigenvalue weighted by molar-refractivity contribution is 0.0600. The van der Waals surface area contributed by atoms with Crippen LogP contribution in [0.25, 0.3) is 33.3 Å². The number of aromatic nitrogens is 4. The Balaban J connectivity index is 1.13. The summed E-state index contributed by atoms with van der Waals surface area (Å²) in [5.41, 5.74) is 4.07. The molecule has 1 aromatic heterocycles. The molecule has 0 atom stereocenters. The zero-order chi connectivity index (χ0) is 36.6. The monoisotopic (exact) mass is 696 g/mol. The van der Waals surface area contributed by atoms with E-state index in [1.165, 1.54) is 18.0 Å². The van der Waals surface area contributed by atoms with Crippen molar-refractivity contribution in [3.63, 3.8) is 0 Å². The molecular weight excluding hydrogens is 660 g/mol. The Morgan fingerprint density at radius 3 is 2.06 bits per heavy atom. The van der Waals surface area contributed by atoms with Crippen LogP contribution >= 0.6 is 0 Å². The number of hydrogen-bond acceptors (Lipinski definition) is 8. The van der Waals surface area contributed by atoms with E-state index < -0.39 is 17.8 Å². The molecule has 5 aromatic carbocycles. The Hall–Kier alpha value is -6.69. The van der Waals surface area contributed by atoms with Crippen molar-refractivity contribution in [1.29, 1.82) is 0 Å². The molecule has 12 nitrogen and oxygen atoms in total. The molecule has 12 heteroatoms. The van der Waals surface area contributed by atoms with E-state index in [0.717, 1.165) is 36.8 Å². The summed E-state index contributed by atoms with van der Waals surface area (Å²) in [6, 6.07) is 29.0. The maximum Gasteiger partial charge on any atom is 0.338 e. The third-order valence-electron chi connectivity index (χ3n) is 8.59. The summed E-state index contributed by atoms with van der Waals surface area (Å²) in [6.07, 6.45) is 4.21. The van der Waals surface area contributed by atoms with E-state index in [1.54, 1.807) is 72.8 Å². The second-order valence-electron chi connectivity index (χ2n) is 12.1. The van der Waals surface area contributed by atoms with Crippen LogP contribution < -0.4 is 10.6 Å². The predicted molar refractivity (Wildman–Crippen MR) is 197 cm³/mol. The van der Waals surface area contributed by atoms with Crippen molar-refractivity contribution in [2.75, 3.05) is 17.7 Å². The Labute approximate surface area is 299 Å². The summed E-state index contributed by atoms with van der Waals surface area (Å²) in [6.45, 7) is 2.75. The molecule has 6 rings (SSSR count). The standard InChI is InChI=1S/C40H36N6O6/c1-3-4-5-6-23-46-44-36(43-45-46)34-24-30(21-22-31(34)40(51)52-2)42-37(47)28-15-13-25(14-16-28)26-17-19-29(20-18-26)41-38(48)32-11-7-9-27-10-8-12-33(35(27)32)39(49)50/h7-22,24H,3-6,23H2,1-2H3,(H,41,48)(H,42,47)(H,49,50). The maximum atomic E-state index is 13.2. The fourth-order valence-electron chi connectivity index (χ4n) is 5.89. The smallest absolute Gasteiger partial charge is 0.338 e. The van der Waals surface area contributed by atoms with E-state index in [4.69, 9.17) is 4.74 Å². The van der Waals surface area contributed by atoms with Crippen molar-refractivity contribution < 1.29 is 29.0 Å². The Morgan fingerprint density at radius 1 is 0.731 bits per heavy atom. The summed E-state index contributed by atoms with van der Waals surface area (Å²) in [5, 5.41) is 29.2. The molecule has 262 valence electrons. The molecule has 0 saturated heterocycles. The normalized spacial score (nSPS) is 10.9. The number of carbonyl (C=O) groups excluding carboxylic acids is 3. The molecule has 1 heterocycles. The molecule has 0 spiro atoms. The fourth-order valence-corrected chi connectivity index (χ4v) is 5.89. The first-order valence-corrected chi connectivity index (χ1v) is 16.8. The first-order valence-electron chi connectivity index (χ1n) is 16.8. The van der Waals surface area contributed by atoms with Crippen LogP contribution in [0.2, 0.25) is 0 Å². The highest BCUT2D eigenvalue weighted by Gasteiger charge is 2.20. The number of methoxy groups -OCH3 is 1. The Morgan fingerprint density at radius 2 is 1.38 bits per heavy atom. The van der Waals surface area contributed by atoms with Crippen LogP contribution in [-0.2, 0) is 11.3 Å². The fraction of sp³-hybridized carbons (Fsp3) is 0.175. The zero-order valence-corrected chi connectivity index (χ0v) is 28.6. The number of hydrogen-bond donors (Lipinski definition) is 3. The number of esters is 1. The number of nitrogens with one attached hydrogen (secondary N) is 2. The number of carboxylic acids is 1. The molecule has 0 bridgehead atoms. The number of nitrogens with zero attached hydrogens (tertiary/aromatic N) is 4. The van der Waals surface area contributed by atoms with Gasteiger partial charge in [-0.1, -0.05) is 74.7 Å². The molecule has 0 aliphatic heterocycles. The van der Waals surface area contributed by atoms with Crippen molar-refractivity contribution in [1.82, 2.24) is 20.2 Å². The molecule has 0 fully saturated rings. The SMILES string of the molecule is CCCCCCn1nnc(-c2cc(NC(=O)c3ccc(-c4ccc(NC(=O)c5cccc6cccc(C(=O)O)c56)cc4)cc3)ccc2C(=O)OC)n1. The lowest BCUT2D eigenvalue weighted by Crippen LogP contribution is -2.13. The second kappa shape index (κ2) is 15.9. The topological polar surface area (TPSA) is 165 Å². The van der Waals surface area contributed by atoms with Gasteiger partial charge in [-0.15, -0.1) is 10.2 Å². The first-order chi connectivity index (χ1) is 25.2. The number of carboxylic acid groups (broad SMARTS) is 1. The number of fused-ring (bicyclic) bond motifs is 1. The quantitative estimate of drug-likeness (QED) is 0.0809. The molecule has 0 saturated carbocycles. The van der Waals surface area contributed by atoms with Gasteiger partial charge in [0.25, 0.3) is 11.8 Å². The van der Waals surface area contributed by atoms with Crippen LogP contribution in [0.15, 0.2) is 103 Å². The second-order valence-corrected chi connectivity index (χ2v) is 12.1. The summed E-state index contributed by atoms with van der Waals surface area (Å²) >= 11 is 0. The lowest BCUT2D eigenvalue weighted by atomic mass is 9.98. The third-order valence-corrected chi connectivity index (χ3v) is 8.59. The van der Waals surface area contributed by atoms with Gasteiger partial charge in [0.15, 0.2) is 0 Å². The van der Waals surface area contributed by atoms with Crippen LogP contribution in [0.5, 0.6) is 0 Å². The highest BCUT2D eigenvalue weighted by atomic mass is 16.5. The lowest BCUT2D eigenvalue weighted by Gasteiger charge is -2.11. The van der Waals surface area contributed by atoms with Gasteiger partial charge in [-0.05, 0) is 82.7 Å². The summed E-state index contributed by atoms with van der Waals surface area (Å²) in [4.78, 5) is 52.3. The summed E-state index contributed by atoms with van der Waals surface area (Å²) in [7, 11) is 1.29. The van der Waals surface area contributed by atoms with Gasteiger partial charge >= 0.3 is 11.9 Å². The van der Waals surface area contributed by atoms with E-state index in [2.05, 4.69) is 33.0 Å². The number of anilines is 2. The van der Waals surface area contributed by atoms with Crippen molar-refractivity contribution in [2.24, 2.45) is 0 Å². The number of carbonyl (C=O) groups is 4. The maximum absolute atomic E-state index is 13.2. The average molecular weight is 697 g/mol. The van der Waals surface area contributed by atoms with Gasteiger partial charge < -0.3 is 20.5 Å². The Kier molecular flexibility index (Phi) is 10.7. The molecule has 2 amide bonds. The number of aromatic carboxylic acids is 1. The van der Waals surface area contributed by atoms with Crippen molar-refractivity contribution in [3.8, 4) is 22.5 Å². The number of tetrazole rings is 1. The van der Waals surface area contributed by atoms with Crippen LogP contribution in [0.3, 0.4) is 0 Å². The van der Waals surface area contributed by atoms with Crippen molar-refractivity contribution >= 4 is 45.9 Å². The van der Waals surface area contributed by atoms with E-state index in [9.17, 15) is 24.3 Å². The molecular formula is C40H36N6O6. The average Bonchev–Trinajstić information content (AvgIpc) is 3.65. The van der Waals surface area contributed by atoms with Crippen LogP contribution in [0.1, 0.15) is 74.0 Å². The number of unbranched alkanes of at least 4 members (excludes halogenated alkanes) is 3. The molecule has 0 aliphatic rings. The minimum atomic E-state index is -1.11. The summed E-state index contributed by atoms with van der Waals surface area (Å²) < 4.78 is 4.96. The zero-order valence-electron chi connectivity index (χ0n) is 28.6. The molecule has 0 radical (unpaired) electrons. The van der Waals surface area contributed by atoms with Gasteiger partial charge in [0.2, 0.25) is 5.82 Å². The van der Waals surface area contributed by atoms with E-state index >= 15 is 0 Å². The number of ether oxygens (including phenoxy) is 1. The largest absolute Gasteiger partial charge is 0.478 e. The molecule has 3 N–H and O–H groups in total. The van der Waals surface area contributed by atoms with Crippen LogP contribution in [0, 0.1) is 0 Å². The first kappa shape index (κ1) is 35.1. The van der Waals surface area contributed by atoms with Gasteiger partial charge in [0.05, 0.1) is 24.8 Å². The minimum Gasteiger partial charge on any atom is -0.478 e. The van der Waals surface area contributed by atoms with Gasteiger partial charge in [-0.2, -0.15) is 4.80 Å². The molecule has 0 aliphatic carbocycles. The highest BCUT2D eigenvalue weighted by Crippen LogP contribution is 2.28. The van der Waals surface area contributed by atoms with E-state index in [1.807, 2.05) is 24.3 Å². The van der Waals surface area contributed by atoms with Crippen molar-refractivity contribution in [2.45, 2.75) is 39.2 Å². The number of rotatable bonds is 13. The van der Waals surface area contributed by atoms with Crippen molar-refractivity contribution in [3.05, 3.63) is 125 Å². The predicted octanol–water partition coefficient (Wildman–Crippen LogP) is 7.73. The summed E-state index contributed by atoms with van der Waals surface area (Å²) in [5.74, 6) is -2.19. The van der Waals surface area contributed by atoms with Crippen LogP contribution in [-0.4, -0.2) is 56.2 Å². The molecule has 0 unspecified atom stereocenters. The minimum absolute atomic E-state index is 0.0584. The number of aryl methyl sites for hydroxylation is 1. The Bertz CT molecular complexity index is 2260. The van der Waals surface area contributed by atoms with Gasteiger partial charge in [-0.3, -0.25) is 9.59 Å². The van der Waals surface area contributed by atoms with Gasteiger partial charge in [0.1, 0.15) is 0 Å². The molecule has 6 aromatic rings. The van der Waals surface area contributed by atoms with Gasteiger partial charge in [0, 0.05) is 33.5 Å².